The van der Waals surface area contributed by atoms with Gasteiger partial charge in [-0.15, -0.1) is 11.3 Å². The molecule has 0 aromatic carbocycles. The molecule has 0 amide bonds. The van der Waals surface area contributed by atoms with E-state index in [2.05, 4.69) is 19.1 Å². The summed E-state index contributed by atoms with van der Waals surface area (Å²) in [6.07, 6.45) is 2.68. The van der Waals surface area contributed by atoms with E-state index >= 15 is 0 Å². The summed E-state index contributed by atoms with van der Waals surface area (Å²) in [5.74, 6) is 0. The molecule has 0 aliphatic carbocycles. The molecule has 1 rings (SSSR count). The maximum absolute atomic E-state index is 8.48. The van der Waals surface area contributed by atoms with Crippen molar-refractivity contribution < 1.29 is 0 Å². The molecule has 2 nitrogen and oxygen atoms in total. The zero-order valence-electron chi connectivity index (χ0n) is 7.79. The fraction of sp³-hybridized carbons (Fsp3) is 0.500. The smallest absolute Gasteiger partial charge is 0.0642 e. The summed E-state index contributed by atoms with van der Waals surface area (Å²) in [7, 11) is 0. The summed E-state index contributed by atoms with van der Waals surface area (Å²) in [5.41, 5.74) is 5.80. The zero-order valence-corrected chi connectivity index (χ0v) is 8.60. The van der Waals surface area contributed by atoms with Crippen molar-refractivity contribution in [1.29, 1.82) is 5.26 Å². The molecule has 1 aromatic rings. The maximum Gasteiger partial charge on any atom is 0.0642 e. The van der Waals surface area contributed by atoms with Crippen molar-refractivity contribution in [3.8, 4) is 6.07 Å². The summed E-state index contributed by atoms with van der Waals surface area (Å²) in [6.45, 7) is 2.16. The summed E-state index contributed by atoms with van der Waals surface area (Å²) < 4.78 is 0. The Morgan fingerprint density at radius 1 is 1.62 bits per heavy atom. The van der Waals surface area contributed by atoms with Crippen molar-refractivity contribution in [2.45, 2.75) is 32.2 Å². The lowest BCUT2D eigenvalue weighted by molar-refractivity contribution is 0.765. The van der Waals surface area contributed by atoms with Crippen LogP contribution in [-0.4, -0.2) is 0 Å². The van der Waals surface area contributed by atoms with E-state index in [9.17, 15) is 0 Å². The van der Waals surface area contributed by atoms with Crippen LogP contribution in [0.1, 0.15) is 35.6 Å². The number of nitriles is 1. The van der Waals surface area contributed by atoms with E-state index in [1.54, 1.807) is 11.3 Å². The molecule has 70 valence electrons. The highest BCUT2D eigenvalue weighted by Crippen LogP contribution is 2.24. The van der Waals surface area contributed by atoms with E-state index < -0.39 is 0 Å². The molecule has 0 radical (unpaired) electrons. The zero-order chi connectivity index (χ0) is 9.68. The Morgan fingerprint density at radius 2 is 2.38 bits per heavy atom. The lowest BCUT2D eigenvalue weighted by atomic mass is 10.2. The highest BCUT2D eigenvalue weighted by Gasteiger charge is 2.07. The number of hydrogen-bond acceptors (Lipinski definition) is 3. The predicted molar refractivity (Wildman–Crippen MR) is 55.5 cm³/mol. The fourth-order valence-electron chi connectivity index (χ4n) is 1.17. The van der Waals surface area contributed by atoms with Gasteiger partial charge in [0, 0.05) is 9.75 Å². The SMILES string of the molecule is CCCc1ccc([C@H](N)CC#N)s1. The number of hydrogen-bond donors (Lipinski definition) is 1. The normalized spacial score (nSPS) is 12.4. The van der Waals surface area contributed by atoms with Crippen LogP contribution in [0.3, 0.4) is 0 Å². The average Bonchev–Trinajstić information content (AvgIpc) is 2.54. The lowest BCUT2D eigenvalue weighted by Gasteiger charge is -2.02. The van der Waals surface area contributed by atoms with Gasteiger partial charge in [-0.05, 0) is 18.6 Å². The Kier molecular flexibility index (Phi) is 3.94. The van der Waals surface area contributed by atoms with Crippen LogP contribution in [0.4, 0.5) is 0 Å². The van der Waals surface area contributed by atoms with Gasteiger partial charge in [-0.25, -0.2) is 0 Å². The topological polar surface area (TPSA) is 49.8 Å². The fourth-order valence-corrected chi connectivity index (χ4v) is 2.29. The van der Waals surface area contributed by atoms with Crippen molar-refractivity contribution >= 4 is 11.3 Å². The van der Waals surface area contributed by atoms with Crippen LogP contribution >= 0.6 is 11.3 Å². The number of nitrogens with two attached hydrogens (primary N) is 1. The van der Waals surface area contributed by atoms with Gasteiger partial charge in [0.25, 0.3) is 0 Å². The van der Waals surface area contributed by atoms with E-state index in [4.69, 9.17) is 11.0 Å². The van der Waals surface area contributed by atoms with Crippen LogP contribution in [0.2, 0.25) is 0 Å². The minimum Gasteiger partial charge on any atom is -0.322 e. The number of aryl methyl sites for hydroxylation is 1. The van der Waals surface area contributed by atoms with Gasteiger partial charge in [-0.1, -0.05) is 13.3 Å². The predicted octanol–water partition coefficient (Wildman–Crippen LogP) is 2.61. The second kappa shape index (κ2) is 5.00. The number of thiophene rings is 1. The first-order valence-electron chi connectivity index (χ1n) is 4.49. The van der Waals surface area contributed by atoms with Crippen LogP contribution in [0, 0.1) is 11.3 Å². The quantitative estimate of drug-likeness (QED) is 0.801. The van der Waals surface area contributed by atoms with Gasteiger partial charge in [0.1, 0.15) is 0 Å². The molecular formula is C10H14N2S. The van der Waals surface area contributed by atoms with E-state index in [1.807, 2.05) is 6.07 Å². The van der Waals surface area contributed by atoms with Crippen LogP contribution in [0.5, 0.6) is 0 Å². The Morgan fingerprint density at radius 3 is 3.00 bits per heavy atom. The molecule has 0 aliphatic heterocycles. The number of rotatable bonds is 4. The number of nitrogens with zero attached hydrogens (tertiary/aromatic N) is 1. The molecule has 0 bridgehead atoms. The summed E-state index contributed by atoms with van der Waals surface area (Å²) >= 11 is 1.73. The van der Waals surface area contributed by atoms with Crippen molar-refractivity contribution in [1.82, 2.24) is 0 Å². The van der Waals surface area contributed by atoms with E-state index in [-0.39, 0.29) is 6.04 Å². The van der Waals surface area contributed by atoms with Gasteiger partial charge in [-0.2, -0.15) is 5.26 Å². The highest BCUT2D eigenvalue weighted by molar-refractivity contribution is 7.12. The Labute approximate surface area is 83.0 Å². The summed E-state index contributed by atoms with van der Waals surface area (Å²) in [6, 6.07) is 6.14. The third kappa shape index (κ3) is 2.83. The molecule has 1 aromatic heterocycles. The standard InChI is InChI=1S/C10H14N2S/c1-2-3-8-4-5-10(13-8)9(12)6-7-11/h4-5,9H,2-3,6,12H2,1H3/t9-/m1/s1. The summed E-state index contributed by atoms with van der Waals surface area (Å²) in [5, 5.41) is 8.48. The van der Waals surface area contributed by atoms with Gasteiger partial charge in [0.15, 0.2) is 0 Å². The first-order chi connectivity index (χ1) is 6.27. The van der Waals surface area contributed by atoms with E-state index in [1.165, 1.54) is 4.88 Å². The van der Waals surface area contributed by atoms with E-state index in [0.29, 0.717) is 6.42 Å². The average molecular weight is 194 g/mol. The van der Waals surface area contributed by atoms with Gasteiger partial charge >= 0.3 is 0 Å². The Bertz CT molecular complexity index is 298. The second-order valence-corrected chi connectivity index (χ2v) is 4.22. The first-order valence-corrected chi connectivity index (χ1v) is 5.30. The first kappa shape index (κ1) is 10.2. The maximum atomic E-state index is 8.48. The minimum atomic E-state index is -0.0967. The van der Waals surface area contributed by atoms with Crippen LogP contribution in [0.25, 0.3) is 0 Å². The summed E-state index contributed by atoms with van der Waals surface area (Å²) in [4.78, 5) is 2.50. The van der Waals surface area contributed by atoms with Gasteiger partial charge in [0.05, 0.1) is 18.5 Å². The van der Waals surface area contributed by atoms with Gasteiger partial charge in [-0.3, -0.25) is 0 Å². The Hall–Kier alpha value is -0.850. The molecule has 1 atom stereocenters. The molecule has 0 saturated heterocycles. The Balaban J connectivity index is 2.63. The molecule has 0 unspecified atom stereocenters. The molecule has 3 heteroatoms. The second-order valence-electron chi connectivity index (χ2n) is 3.02. The highest BCUT2D eigenvalue weighted by atomic mass is 32.1. The van der Waals surface area contributed by atoms with Crippen LogP contribution < -0.4 is 5.73 Å². The third-order valence-electron chi connectivity index (χ3n) is 1.86. The van der Waals surface area contributed by atoms with Gasteiger partial charge < -0.3 is 5.73 Å². The third-order valence-corrected chi connectivity index (χ3v) is 3.13. The lowest BCUT2D eigenvalue weighted by Crippen LogP contribution is -2.06. The minimum absolute atomic E-state index is 0.0967. The van der Waals surface area contributed by atoms with Crippen molar-refractivity contribution in [2.75, 3.05) is 0 Å². The van der Waals surface area contributed by atoms with Crippen LogP contribution in [-0.2, 0) is 6.42 Å². The molecule has 0 fully saturated rings. The van der Waals surface area contributed by atoms with Crippen LogP contribution in [0.15, 0.2) is 12.1 Å². The molecule has 0 spiro atoms. The molecule has 13 heavy (non-hydrogen) atoms. The molecule has 0 aliphatic rings. The van der Waals surface area contributed by atoms with Crippen molar-refractivity contribution in [3.05, 3.63) is 21.9 Å². The monoisotopic (exact) mass is 194 g/mol. The van der Waals surface area contributed by atoms with E-state index in [0.717, 1.165) is 17.7 Å². The molecule has 2 N–H and O–H groups in total. The molecular weight excluding hydrogens is 180 g/mol. The largest absolute Gasteiger partial charge is 0.322 e. The molecule has 1 heterocycles. The van der Waals surface area contributed by atoms with Gasteiger partial charge in [0.2, 0.25) is 0 Å². The molecule has 0 saturated carbocycles. The van der Waals surface area contributed by atoms with Crippen molar-refractivity contribution in [2.24, 2.45) is 5.73 Å². The van der Waals surface area contributed by atoms with Crippen molar-refractivity contribution in [3.63, 3.8) is 0 Å².